The van der Waals surface area contributed by atoms with Crippen molar-refractivity contribution in [1.29, 1.82) is 0 Å². The third kappa shape index (κ3) is 6.16. The van der Waals surface area contributed by atoms with E-state index in [1.54, 1.807) is 12.1 Å². The maximum Gasteiger partial charge on any atom is 0.156 e. The predicted octanol–water partition coefficient (Wildman–Crippen LogP) is 13.3. The molecule has 0 radical (unpaired) electrons. The number of aliphatic imine (C=N–C) groups is 2. The van der Waals surface area contributed by atoms with E-state index < -0.39 is 5.41 Å². The summed E-state index contributed by atoms with van der Waals surface area (Å²) in [5.41, 5.74) is 13.4. The lowest BCUT2D eigenvalue weighted by Gasteiger charge is -2.34. The average Bonchev–Trinajstić information content (AvgIpc) is 4.18. The molecule has 0 amide bonds. The summed E-state index contributed by atoms with van der Waals surface area (Å²) in [5.74, 6) is 2.04. The molecule has 57 heavy (non-hydrogen) atoms. The van der Waals surface area contributed by atoms with Gasteiger partial charge in [0.1, 0.15) is 5.82 Å². The van der Waals surface area contributed by atoms with Crippen LogP contribution < -0.4 is 0 Å². The molecule has 10 rings (SSSR count). The number of fused-ring (bicyclic) bond motifs is 5. The number of amidine groups is 1. The highest BCUT2D eigenvalue weighted by molar-refractivity contribution is 6.14. The molecule has 282 valence electrons. The van der Waals surface area contributed by atoms with Gasteiger partial charge in [-0.05, 0) is 106 Å². The first-order valence-electron chi connectivity index (χ1n) is 20.7. The highest BCUT2D eigenvalue weighted by Gasteiger charge is 2.57. The van der Waals surface area contributed by atoms with Crippen LogP contribution in [0.4, 0.5) is 4.39 Å². The Labute approximate surface area is 337 Å². The van der Waals surface area contributed by atoms with Gasteiger partial charge in [0.15, 0.2) is 5.84 Å². The quantitative estimate of drug-likeness (QED) is 0.112. The van der Waals surface area contributed by atoms with Gasteiger partial charge in [0.2, 0.25) is 0 Å². The van der Waals surface area contributed by atoms with Crippen molar-refractivity contribution in [2.75, 3.05) is 0 Å². The molecule has 3 heteroatoms. The second-order valence-electron chi connectivity index (χ2n) is 15.7. The highest BCUT2D eigenvalue weighted by Crippen LogP contribution is 2.65. The molecule has 0 bridgehead atoms. The first kappa shape index (κ1) is 36.7. The Morgan fingerprint density at radius 1 is 0.789 bits per heavy atom. The van der Waals surface area contributed by atoms with Crippen LogP contribution in [0, 0.1) is 23.6 Å². The molecule has 0 spiro atoms. The van der Waals surface area contributed by atoms with Crippen LogP contribution in [0.25, 0.3) is 11.1 Å². The van der Waals surface area contributed by atoms with Crippen molar-refractivity contribution < 1.29 is 4.39 Å². The Morgan fingerprint density at radius 3 is 2.35 bits per heavy atom. The van der Waals surface area contributed by atoms with Crippen molar-refractivity contribution in [3.8, 4) is 11.1 Å². The van der Waals surface area contributed by atoms with Crippen LogP contribution in [-0.2, 0) is 10.8 Å². The van der Waals surface area contributed by atoms with Crippen LogP contribution >= 0.6 is 0 Å². The molecule has 0 N–H and O–H groups in total. The molecule has 2 nitrogen and oxygen atoms in total. The third-order valence-corrected chi connectivity index (χ3v) is 12.7. The van der Waals surface area contributed by atoms with E-state index in [4.69, 9.17) is 9.98 Å². The maximum absolute atomic E-state index is 14.5. The number of benzene rings is 4. The van der Waals surface area contributed by atoms with E-state index in [9.17, 15) is 4.39 Å². The number of halogens is 1. The SMILES string of the molecule is C=C(N=C(N=C(CC)C1=CC2CC2(c2cccc3c2-c2ccccc2C3(c2ccccc2)c2ccc(F)cc2)C=C1)C1=CC=CC=CC1)C1=CC=CC2CC12.CC. The summed E-state index contributed by atoms with van der Waals surface area (Å²) in [7, 11) is 0. The van der Waals surface area contributed by atoms with Crippen molar-refractivity contribution in [3.63, 3.8) is 0 Å². The number of hydrogen-bond acceptors (Lipinski definition) is 1. The molecule has 2 fully saturated rings. The topological polar surface area (TPSA) is 24.7 Å². The Bertz CT molecular complexity index is 2540. The third-order valence-electron chi connectivity index (χ3n) is 12.7. The highest BCUT2D eigenvalue weighted by atomic mass is 19.1. The lowest BCUT2D eigenvalue weighted by Crippen LogP contribution is -2.28. The summed E-state index contributed by atoms with van der Waals surface area (Å²) in [6.07, 6.45) is 28.2. The number of allylic oxidation sites excluding steroid dienone is 13. The minimum atomic E-state index is -0.569. The van der Waals surface area contributed by atoms with Crippen LogP contribution in [-0.4, -0.2) is 11.5 Å². The van der Waals surface area contributed by atoms with Crippen molar-refractivity contribution >= 4 is 11.5 Å². The van der Waals surface area contributed by atoms with Crippen LogP contribution in [0.15, 0.2) is 203 Å². The van der Waals surface area contributed by atoms with E-state index >= 15 is 0 Å². The zero-order chi connectivity index (χ0) is 39.1. The second kappa shape index (κ2) is 14.9. The minimum absolute atomic E-state index is 0.108. The monoisotopic (exact) mass is 744 g/mol. The summed E-state index contributed by atoms with van der Waals surface area (Å²) in [6.45, 7) is 10.6. The fourth-order valence-electron chi connectivity index (χ4n) is 9.80. The molecule has 5 unspecified atom stereocenters. The molecule has 0 aromatic heterocycles. The van der Waals surface area contributed by atoms with Crippen molar-refractivity contribution in [3.05, 3.63) is 227 Å². The fourth-order valence-corrected chi connectivity index (χ4v) is 9.80. The normalized spacial score (nSPS) is 26.0. The van der Waals surface area contributed by atoms with Gasteiger partial charge in [-0.1, -0.05) is 179 Å². The largest absolute Gasteiger partial charge is 0.233 e. The lowest BCUT2D eigenvalue weighted by molar-refractivity contribution is 0.625. The van der Waals surface area contributed by atoms with Gasteiger partial charge in [-0.2, -0.15) is 0 Å². The van der Waals surface area contributed by atoms with Crippen LogP contribution in [0.5, 0.6) is 0 Å². The number of hydrogen-bond donors (Lipinski definition) is 0. The summed E-state index contributed by atoms with van der Waals surface area (Å²) < 4.78 is 14.5. The van der Waals surface area contributed by atoms with Crippen LogP contribution in [0.1, 0.15) is 74.3 Å². The van der Waals surface area contributed by atoms with Gasteiger partial charge < -0.3 is 0 Å². The molecule has 6 aliphatic rings. The lowest BCUT2D eigenvalue weighted by atomic mass is 9.67. The van der Waals surface area contributed by atoms with E-state index in [0.29, 0.717) is 17.8 Å². The molecule has 5 atom stereocenters. The smallest absolute Gasteiger partial charge is 0.156 e. The molecule has 4 aromatic rings. The molecule has 0 saturated heterocycles. The first-order chi connectivity index (χ1) is 28.0. The van der Waals surface area contributed by atoms with Gasteiger partial charge in [0.05, 0.1) is 11.1 Å². The van der Waals surface area contributed by atoms with Gasteiger partial charge in [0.25, 0.3) is 0 Å². The Kier molecular flexibility index (Phi) is 9.57. The maximum atomic E-state index is 14.5. The zero-order valence-electron chi connectivity index (χ0n) is 33.1. The summed E-state index contributed by atoms with van der Waals surface area (Å²) in [4.78, 5) is 10.5. The molecule has 0 heterocycles. The molecule has 6 aliphatic carbocycles. The van der Waals surface area contributed by atoms with Crippen molar-refractivity contribution in [1.82, 2.24) is 0 Å². The summed E-state index contributed by atoms with van der Waals surface area (Å²) >= 11 is 0. The van der Waals surface area contributed by atoms with E-state index in [1.807, 2.05) is 26.0 Å². The second-order valence-corrected chi connectivity index (χ2v) is 15.7. The Morgan fingerprint density at radius 2 is 1.54 bits per heavy atom. The molecular weight excluding hydrogens is 696 g/mol. The van der Waals surface area contributed by atoms with E-state index in [-0.39, 0.29) is 11.2 Å². The van der Waals surface area contributed by atoms with Gasteiger partial charge in [-0.15, -0.1) is 0 Å². The molecular formula is C54H49FN2. The van der Waals surface area contributed by atoms with Crippen molar-refractivity contribution in [2.45, 2.75) is 57.3 Å². The fraction of sp³-hybridized carbons (Fsp3) is 0.222. The molecule has 0 aliphatic heterocycles. The standard InChI is InChI=1S/C52H43FN2.C2H6/c1-3-48(55-50(35-15-7-4-5-8-16-35)54-34(2)42-21-13-17-36-32-44(36)42)37-29-30-51(33-40(51)31-37)46-23-14-24-47-49(46)43-20-11-12-22-45(43)52(47,38-18-9-6-10-19-38)39-25-27-41(53)28-26-39;1-2/h4-15,17-31,36,40,44H,2-3,16,32-33H2,1H3;1-2H3. The average molecular weight is 745 g/mol. The van der Waals surface area contributed by atoms with Crippen LogP contribution in [0.3, 0.4) is 0 Å². The van der Waals surface area contributed by atoms with E-state index in [2.05, 4.69) is 153 Å². The van der Waals surface area contributed by atoms with Crippen molar-refractivity contribution in [2.24, 2.45) is 27.7 Å². The van der Waals surface area contributed by atoms with Gasteiger partial charge in [0, 0.05) is 16.7 Å². The first-order valence-corrected chi connectivity index (χ1v) is 20.7. The summed E-state index contributed by atoms with van der Waals surface area (Å²) in [5, 5.41) is 0. The molecule has 2 saturated carbocycles. The van der Waals surface area contributed by atoms with Gasteiger partial charge in [-0.25, -0.2) is 14.4 Å². The number of rotatable bonds is 8. The zero-order valence-corrected chi connectivity index (χ0v) is 33.1. The predicted molar refractivity (Wildman–Crippen MR) is 236 cm³/mol. The van der Waals surface area contributed by atoms with Crippen LogP contribution in [0.2, 0.25) is 0 Å². The molecule has 4 aromatic carbocycles. The Balaban J connectivity index is 0.00000208. The van der Waals surface area contributed by atoms with E-state index in [1.165, 1.54) is 50.9 Å². The number of nitrogens with zero attached hydrogens (tertiary/aromatic N) is 2. The van der Waals surface area contributed by atoms with E-state index in [0.717, 1.165) is 47.6 Å². The summed E-state index contributed by atoms with van der Waals surface area (Å²) in [6, 6.07) is 33.6. The van der Waals surface area contributed by atoms with Gasteiger partial charge in [-0.3, -0.25) is 0 Å². The van der Waals surface area contributed by atoms with Gasteiger partial charge >= 0.3 is 0 Å². The Hall–Kier alpha value is -5.93. The minimum Gasteiger partial charge on any atom is -0.233 e.